The van der Waals surface area contributed by atoms with Crippen LogP contribution in [0.15, 0.2) is 70.1 Å². The zero-order valence-corrected chi connectivity index (χ0v) is 15.2. The molecule has 5 nitrogen and oxygen atoms in total. The van der Waals surface area contributed by atoms with E-state index in [0.29, 0.717) is 11.5 Å². The molecule has 1 N–H and O–H groups in total. The first-order valence-electron chi connectivity index (χ1n) is 8.20. The first-order valence-corrected chi connectivity index (χ1v) is 9.64. The van der Waals surface area contributed by atoms with Crippen LogP contribution in [0, 0.1) is 6.92 Å². The standard InChI is InChI=1S/C20H17N3O2S/c1-13-6-5-7-16(20(13)18-8-3-4-11-21-18)15-9-10-17-19(12-15)26(24,25)23-14(2)22-17/h3-12H,1-2H3,(H,22,23). The molecular weight excluding hydrogens is 346 g/mol. The van der Waals surface area contributed by atoms with E-state index in [1.807, 2.05) is 49.4 Å². The largest absolute Gasteiger partial charge is 0.342 e. The molecule has 0 unspecified atom stereocenters. The van der Waals surface area contributed by atoms with E-state index in [1.54, 1.807) is 25.3 Å². The molecule has 0 radical (unpaired) electrons. The Bertz CT molecular complexity index is 1140. The summed E-state index contributed by atoms with van der Waals surface area (Å²) in [6, 6.07) is 17.1. The summed E-state index contributed by atoms with van der Waals surface area (Å²) < 4.78 is 28.7. The second-order valence-corrected chi connectivity index (χ2v) is 7.77. The normalized spacial score (nSPS) is 14.9. The third kappa shape index (κ3) is 2.78. The summed E-state index contributed by atoms with van der Waals surface area (Å²) in [5.41, 5.74) is 5.23. The molecule has 1 aromatic heterocycles. The van der Waals surface area contributed by atoms with Gasteiger partial charge in [0.25, 0.3) is 10.0 Å². The molecule has 0 aliphatic carbocycles. The number of hydrogen-bond donors (Lipinski definition) is 1. The van der Waals surface area contributed by atoms with Gasteiger partial charge in [-0.3, -0.25) is 4.98 Å². The summed E-state index contributed by atoms with van der Waals surface area (Å²) in [7, 11) is -3.70. The Hall–Kier alpha value is -2.99. The maximum absolute atomic E-state index is 12.4. The second kappa shape index (κ2) is 6.07. The molecule has 0 bridgehead atoms. The summed E-state index contributed by atoms with van der Waals surface area (Å²) in [4.78, 5) is 4.66. The van der Waals surface area contributed by atoms with E-state index in [-0.39, 0.29) is 4.90 Å². The number of hydrogen-bond acceptors (Lipinski definition) is 4. The minimum atomic E-state index is -3.70. The lowest BCUT2D eigenvalue weighted by Gasteiger charge is -2.18. The van der Waals surface area contributed by atoms with E-state index >= 15 is 0 Å². The van der Waals surface area contributed by atoms with Crippen molar-refractivity contribution in [2.45, 2.75) is 18.7 Å². The topological polar surface area (TPSA) is 71.4 Å². The number of sulfonamides is 1. The second-order valence-electron chi connectivity index (χ2n) is 6.20. The van der Waals surface area contributed by atoms with Crippen LogP contribution in [0.2, 0.25) is 0 Å². The number of nitrogens with zero attached hydrogens (tertiary/aromatic N) is 2. The van der Waals surface area contributed by atoms with E-state index < -0.39 is 10.0 Å². The zero-order valence-electron chi connectivity index (χ0n) is 14.4. The minimum Gasteiger partial charge on any atom is -0.342 e. The average molecular weight is 363 g/mol. The molecule has 26 heavy (non-hydrogen) atoms. The maximum Gasteiger partial charge on any atom is 0.286 e. The number of amidine groups is 1. The monoisotopic (exact) mass is 363 g/mol. The lowest BCUT2D eigenvalue weighted by atomic mass is 9.93. The van der Waals surface area contributed by atoms with Crippen molar-refractivity contribution in [2.24, 2.45) is 4.40 Å². The van der Waals surface area contributed by atoms with Crippen molar-refractivity contribution in [2.75, 3.05) is 5.32 Å². The highest BCUT2D eigenvalue weighted by Crippen LogP contribution is 2.37. The number of anilines is 1. The molecule has 1 aliphatic rings. The Labute approximate surface area is 152 Å². The highest BCUT2D eigenvalue weighted by atomic mass is 32.2. The number of aromatic nitrogens is 1. The van der Waals surface area contributed by atoms with Gasteiger partial charge in [0.1, 0.15) is 10.7 Å². The van der Waals surface area contributed by atoms with Gasteiger partial charge in [0.05, 0.1) is 11.4 Å². The highest BCUT2D eigenvalue weighted by molar-refractivity contribution is 7.90. The Morgan fingerprint density at radius 1 is 0.962 bits per heavy atom. The van der Waals surface area contributed by atoms with Crippen LogP contribution in [-0.4, -0.2) is 19.2 Å². The van der Waals surface area contributed by atoms with E-state index in [4.69, 9.17) is 0 Å². The summed E-state index contributed by atoms with van der Waals surface area (Å²) >= 11 is 0. The van der Waals surface area contributed by atoms with Crippen molar-refractivity contribution < 1.29 is 8.42 Å². The molecule has 0 fully saturated rings. The number of aryl methyl sites for hydroxylation is 1. The van der Waals surface area contributed by atoms with Crippen LogP contribution in [0.4, 0.5) is 5.69 Å². The molecule has 130 valence electrons. The average Bonchev–Trinajstić information content (AvgIpc) is 2.61. The molecule has 2 heterocycles. The molecular formula is C20H17N3O2S. The van der Waals surface area contributed by atoms with E-state index in [0.717, 1.165) is 27.9 Å². The van der Waals surface area contributed by atoms with Gasteiger partial charge in [-0.1, -0.05) is 30.3 Å². The van der Waals surface area contributed by atoms with Gasteiger partial charge in [-0.15, -0.1) is 4.40 Å². The van der Waals surface area contributed by atoms with E-state index in [1.165, 1.54) is 0 Å². The van der Waals surface area contributed by atoms with Gasteiger partial charge in [0.15, 0.2) is 0 Å². The Morgan fingerprint density at radius 3 is 2.58 bits per heavy atom. The van der Waals surface area contributed by atoms with Gasteiger partial charge in [-0.05, 0) is 54.8 Å². The molecule has 0 atom stereocenters. The van der Waals surface area contributed by atoms with Gasteiger partial charge in [-0.25, -0.2) is 0 Å². The fraction of sp³-hybridized carbons (Fsp3) is 0.100. The molecule has 2 aromatic carbocycles. The zero-order chi connectivity index (χ0) is 18.3. The first-order chi connectivity index (χ1) is 12.5. The van der Waals surface area contributed by atoms with E-state index in [2.05, 4.69) is 14.7 Å². The number of nitrogens with one attached hydrogen (secondary N) is 1. The number of rotatable bonds is 2. The third-order valence-corrected chi connectivity index (χ3v) is 5.74. The number of pyridine rings is 1. The quantitative estimate of drug-likeness (QED) is 0.738. The summed E-state index contributed by atoms with van der Waals surface area (Å²) in [5, 5.41) is 3.01. The van der Waals surface area contributed by atoms with Crippen molar-refractivity contribution in [1.82, 2.24) is 4.98 Å². The van der Waals surface area contributed by atoms with Gasteiger partial charge < -0.3 is 5.32 Å². The van der Waals surface area contributed by atoms with Crippen LogP contribution in [0.5, 0.6) is 0 Å². The molecule has 1 aliphatic heterocycles. The van der Waals surface area contributed by atoms with Crippen LogP contribution < -0.4 is 5.32 Å². The Kier molecular flexibility index (Phi) is 3.85. The first kappa shape index (κ1) is 16.5. The summed E-state index contributed by atoms with van der Waals surface area (Å²) in [6.45, 7) is 3.66. The Morgan fingerprint density at radius 2 is 1.81 bits per heavy atom. The molecule has 4 rings (SSSR count). The van der Waals surface area contributed by atoms with Crippen LogP contribution in [-0.2, 0) is 10.0 Å². The Balaban J connectivity index is 1.94. The lowest BCUT2D eigenvalue weighted by molar-refractivity contribution is 0.598. The summed E-state index contributed by atoms with van der Waals surface area (Å²) in [5.74, 6) is 0.370. The number of benzene rings is 2. The molecule has 6 heteroatoms. The van der Waals surface area contributed by atoms with Crippen LogP contribution in [0.1, 0.15) is 12.5 Å². The molecule has 0 amide bonds. The van der Waals surface area contributed by atoms with Gasteiger partial charge >= 0.3 is 0 Å². The molecule has 0 saturated heterocycles. The van der Waals surface area contributed by atoms with Crippen molar-refractivity contribution in [3.63, 3.8) is 0 Å². The van der Waals surface area contributed by atoms with Crippen molar-refractivity contribution in [1.29, 1.82) is 0 Å². The van der Waals surface area contributed by atoms with Gasteiger partial charge in [0.2, 0.25) is 0 Å². The highest BCUT2D eigenvalue weighted by Gasteiger charge is 2.24. The smallest absolute Gasteiger partial charge is 0.286 e. The van der Waals surface area contributed by atoms with Crippen LogP contribution >= 0.6 is 0 Å². The SMILES string of the molecule is CC1=NS(=O)(=O)c2cc(-c3cccc(C)c3-c3ccccn3)ccc2N1. The molecule has 3 aromatic rings. The number of fused-ring (bicyclic) bond motifs is 1. The predicted molar refractivity (Wildman–Crippen MR) is 104 cm³/mol. The predicted octanol–water partition coefficient (Wildman–Crippen LogP) is 4.26. The van der Waals surface area contributed by atoms with Crippen molar-refractivity contribution in [3.8, 4) is 22.4 Å². The van der Waals surface area contributed by atoms with Crippen molar-refractivity contribution >= 4 is 21.5 Å². The lowest BCUT2D eigenvalue weighted by Crippen LogP contribution is -2.18. The maximum atomic E-state index is 12.4. The fourth-order valence-corrected chi connectivity index (χ4v) is 4.39. The fourth-order valence-electron chi connectivity index (χ4n) is 3.21. The van der Waals surface area contributed by atoms with E-state index in [9.17, 15) is 8.42 Å². The molecule has 0 saturated carbocycles. The molecule has 0 spiro atoms. The minimum absolute atomic E-state index is 0.189. The third-order valence-electron chi connectivity index (χ3n) is 4.34. The van der Waals surface area contributed by atoms with Crippen LogP contribution in [0.25, 0.3) is 22.4 Å². The van der Waals surface area contributed by atoms with Crippen LogP contribution in [0.3, 0.4) is 0 Å². The summed E-state index contributed by atoms with van der Waals surface area (Å²) in [6.07, 6.45) is 1.75. The van der Waals surface area contributed by atoms with Crippen molar-refractivity contribution in [3.05, 3.63) is 66.4 Å². The van der Waals surface area contributed by atoms with Gasteiger partial charge in [-0.2, -0.15) is 8.42 Å². The van der Waals surface area contributed by atoms with Gasteiger partial charge in [0, 0.05) is 11.8 Å².